The van der Waals surface area contributed by atoms with Crippen molar-refractivity contribution in [1.29, 1.82) is 0 Å². The van der Waals surface area contributed by atoms with Gasteiger partial charge in [-0.2, -0.15) is 0 Å². The highest BCUT2D eigenvalue weighted by Gasteiger charge is 2.25. The summed E-state index contributed by atoms with van der Waals surface area (Å²) in [4.78, 5) is 15.7. The van der Waals surface area contributed by atoms with E-state index < -0.39 is 5.54 Å². The molecule has 0 saturated heterocycles. The Morgan fingerprint density at radius 1 is 1.56 bits per heavy atom. The molecular weight excluding hydrogens is 293 g/mol. The molecule has 0 aliphatic rings. The van der Waals surface area contributed by atoms with E-state index in [-0.39, 0.29) is 5.91 Å². The van der Waals surface area contributed by atoms with Crippen LogP contribution < -0.4 is 10.6 Å². The van der Waals surface area contributed by atoms with E-state index in [1.807, 2.05) is 0 Å². The van der Waals surface area contributed by atoms with E-state index in [1.165, 1.54) is 6.20 Å². The average Bonchev–Trinajstić information content (AvgIpc) is 2.23. The van der Waals surface area contributed by atoms with E-state index in [0.717, 1.165) is 0 Å². The lowest BCUT2D eigenvalue weighted by molar-refractivity contribution is -0.121. The van der Waals surface area contributed by atoms with Crippen LogP contribution in [0.3, 0.4) is 0 Å². The third-order valence-corrected chi connectivity index (χ3v) is 3.38. The number of halogens is 2. The minimum atomic E-state index is -0.633. The number of carbonyl (C=O) groups excluding carboxylic acids is 1. The average molecular weight is 307 g/mol. The zero-order valence-corrected chi connectivity index (χ0v) is 11.6. The summed E-state index contributed by atoms with van der Waals surface area (Å²) in [7, 11) is 1.73. The van der Waals surface area contributed by atoms with E-state index in [2.05, 4.69) is 31.5 Å². The summed E-state index contributed by atoms with van der Waals surface area (Å²) >= 11 is 8.99. The molecule has 1 amide bonds. The number of nitrogens with one attached hydrogen (secondary N) is 2. The van der Waals surface area contributed by atoms with Crippen molar-refractivity contribution in [3.05, 3.63) is 21.9 Å². The summed E-state index contributed by atoms with van der Waals surface area (Å²) in [5, 5.41) is 6.03. The molecule has 4 nitrogen and oxygen atoms in total. The fourth-order valence-electron chi connectivity index (χ4n) is 0.890. The van der Waals surface area contributed by atoms with Gasteiger partial charge >= 0.3 is 0 Å². The number of amides is 1. The largest absolute Gasteiger partial charge is 0.323 e. The summed E-state index contributed by atoms with van der Waals surface area (Å²) in [6, 6.07) is 1.71. The van der Waals surface area contributed by atoms with Gasteiger partial charge in [-0.25, -0.2) is 4.98 Å². The lowest BCUT2D eigenvalue weighted by atomic mass is 10.1. The van der Waals surface area contributed by atoms with E-state index in [4.69, 9.17) is 11.6 Å². The number of hydrogen-bond donors (Lipinski definition) is 2. The molecule has 2 N–H and O–H groups in total. The fourth-order valence-corrected chi connectivity index (χ4v) is 1.34. The Labute approximate surface area is 108 Å². The maximum atomic E-state index is 11.8. The fraction of sp³-hybridized carbons (Fsp3) is 0.400. The van der Waals surface area contributed by atoms with Gasteiger partial charge in [-0.15, -0.1) is 0 Å². The first-order valence-electron chi connectivity index (χ1n) is 4.68. The Bertz CT molecular complexity index is 409. The molecule has 16 heavy (non-hydrogen) atoms. The first-order chi connectivity index (χ1) is 7.36. The van der Waals surface area contributed by atoms with Gasteiger partial charge in [-0.3, -0.25) is 4.79 Å². The predicted molar refractivity (Wildman–Crippen MR) is 68.7 cm³/mol. The molecule has 0 spiro atoms. The highest BCUT2D eigenvalue weighted by atomic mass is 79.9. The summed E-state index contributed by atoms with van der Waals surface area (Å²) in [5.41, 5.74) is -0.0313. The number of carbonyl (C=O) groups is 1. The van der Waals surface area contributed by atoms with Gasteiger partial charge in [0.1, 0.15) is 5.15 Å². The van der Waals surface area contributed by atoms with E-state index in [1.54, 1.807) is 27.0 Å². The smallest absolute Gasteiger partial charge is 0.244 e. The van der Waals surface area contributed by atoms with Crippen LogP contribution in [0.4, 0.5) is 5.69 Å². The predicted octanol–water partition coefficient (Wildman–Crippen LogP) is 2.43. The highest BCUT2D eigenvalue weighted by Crippen LogP contribution is 2.23. The van der Waals surface area contributed by atoms with Crippen molar-refractivity contribution in [3.63, 3.8) is 0 Å². The van der Waals surface area contributed by atoms with E-state index in [9.17, 15) is 4.79 Å². The second-order valence-electron chi connectivity index (χ2n) is 3.83. The molecule has 6 heteroatoms. The molecule has 0 saturated carbocycles. The van der Waals surface area contributed by atoms with Crippen molar-refractivity contribution in [1.82, 2.24) is 10.3 Å². The van der Waals surface area contributed by atoms with Crippen LogP contribution in [-0.2, 0) is 4.79 Å². The number of anilines is 1. The van der Waals surface area contributed by atoms with Crippen molar-refractivity contribution >= 4 is 39.1 Å². The SMILES string of the molecule is CNC(C)(C)C(=O)Nc1cnc(Cl)c(Br)c1. The standard InChI is InChI=1S/C10H13BrClN3O/c1-10(2,13-3)9(16)15-6-4-7(11)8(12)14-5-6/h4-5,13H,1-3H3,(H,15,16). The maximum Gasteiger partial charge on any atom is 0.244 e. The van der Waals surface area contributed by atoms with E-state index in [0.29, 0.717) is 15.3 Å². The lowest BCUT2D eigenvalue weighted by Crippen LogP contribution is -2.47. The minimum absolute atomic E-state index is 0.133. The molecule has 0 radical (unpaired) electrons. The van der Waals surface area contributed by atoms with Crippen molar-refractivity contribution in [2.45, 2.75) is 19.4 Å². The van der Waals surface area contributed by atoms with Crippen LogP contribution in [0.15, 0.2) is 16.7 Å². The number of aromatic nitrogens is 1. The van der Waals surface area contributed by atoms with Crippen LogP contribution in [0.25, 0.3) is 0 Å². The third kappa shape index (κ3) is 3.17. The molecule has 88 valence electrons. The van der Waals surface area contributed by atoms with Crippen LogP contribution in [0.2, 0.25) is 5.15 Å². The van der Waals surface area contributed by atoms with Crippen LogP contribution in [0, 0.1) is 0 Å². The maximum absolute atomic E-state index is 11.8. The molecule has 0 aromatic carbocycles. The lowest BCUT2D eigenvalue weighted by Gasteiger charge is -2.22. The van der Waals surface area contributed by atoms with Gasteiger partial charge in [-0.05, 0) is 42.9 Å². The quantitative estimate of drug-likeness (QED) is 0.843. The van der Waals surface area contributed by atoms with Gasteiger partial charge in [0.2, 0.25) is 5.91 Å². The number of likely N-dealkylation sites (N-methyl/N-ethyl adjacent to an activating group) is 1. The summed E-state index contributed by atoms with van der Waals surface area (Å²) in [6.45, 7) is 3.58. The first kappa shape index (κ1) is 13.4. The van der Waals surface area contributed by atoms with Crippen LogP contribution in [0.1, 0.15) is 13.8 Å². The summed E-state index contributed by atoms with van der Waals surface area (Å²) in [6.07, 6.45) is 1.51. The number of hydrogen-bond acceptors (Lipinski definition) is 3. The minimum Gasteiger partial charge on any atom is -0.323 e. The molecule has 1 rings (SSSR count). The molecule has 1 aromatic rings. The molecule has 0 atom stereocenters. The van der Waals surface area contributed by atoms with Gasteiger partial charge in [0.25, 0.3) is 0 Å². The molecule has 0 unspecified atom stereocenters. The first-order valence-corrected chi connectivity index (χ1v) is 5.85. The molecule has 1 heterocycles. The molecular formula is C10H13BrClN3O. The van der Waals surface area contributed by atoms with Gasteiger partial charge in [0.05, 0.1) is 21.9 Å². The Morgan fingerprint density at radius 3 is 2.69 bits per heavy atom. The molecule has 1 aromatic heterocycles. The monoisotopic (exact) mass is 305 g/mol. The van der Waals surface area contributed by atoms with Gasteiger partial charge in [-0.1, -0.05) is 11.6 Å². The zero-order valence-electron chi connectivity index (χ0n) is 9.27. The van der Waals surface area contributed by atoms with Crippen molar-refractivity contribution in [2.75, 3.05) is 12.4 Å². The normalized spacial score (nSPS) is 11.3. The van der Waals surface area contributed by atoms with Crippen LogP contribution in [-0.4, -0.2) is 23.5 Å². The Kier molecular flexibility index (Phi) is 4.29. The Hall–Kier alpha value is -0.650. The van der Waals surface area contributed by atoms with Crippen molar-refractivity contribution in [2.24, 2.45) is 0 Å². The van der Waals surface area contributed by atoms with Crippen LogP contribution >= 0.6 is 27.5 Å². The van der Waals surface area contributed by atoms with Crippen molar-refractivity contribution in [3.8, 4) is 0 Å². The third-order valence-electron chi connectivity index (χ3n) is 2.25. The molecule has 0 fully saturated rings. The summed E-state index contributed by atoms with van der Waals surface area (Å²) in [5.74, 6) is -0.133. The second-order valence-corrected chi connectivity index (χ2v) is 5.04. The molecule has 0 bridgehead atoms. The van der Waals surface area contributed by atoms with Gasteiger partial charge in [0, 0.05) is 0 Å². The highest BCUT2D eigenvalue weighted by molar-refractivity contribution is 9.10. The van der Waals surface area contributed by atoms with E-state index >= 15 is 0 Å². The number of rotatable bonds is 3. The summed E-state index contributed by atoms with van der Waals surface area (Å²) < 4.78 is 0.647. The molecule has 0 aliphatic carbocycles. The van der Waals surface area contributed by atoms with Crippen LogP contribution in [0.5, 0.6) is 0 Å². The number of nitrogens with zero attached hydrogens (tertiary/aromatic N) is 1. The Morgan fingerprint density at radius 2 is 2.19 bits per heavy atom. The molecule has 0 aliphatic heterocycles. The van der Waals surface area contributed by atoms with Gasteiger partial charge < -0.3 is 10.6 Å². The van der Waals surface area contributed by atoms with Crippen molar-refractivity contribution < 1.29 is 4.79 Å². The second kappa shape index (κ2) is 5.12. The van der Waals surface area contributed by atoms with Gasteiger partial charge in [0.15, 0.2) is 0 Å². The number of pyridine rings is 1. The zero-order chi connectivity index (χ0) is 12.3. The topological polar surface area (TPSA) is 54.0 Å². The Balaban J connectivity index is 2.82.